The van der Waals surface area contributed by atoms with Crippen molar-refractivity contribution in [3.8, 4) is 0 Å². The first-order valence-electron chi connectivity index (χ1n) is 13.1. The molecule has 1 aliphatic carbocycles. The molecule has 1 aliphatic rings. The van der Waals surface area contributed by atoms with Gasteiger partial charge in [0.25, 0.3) is 0 Å². The lowest BCUT2D eigenvalue weighted by atomic mass is 9.72. The Balaban J connectivity index is 2.56. The fraction of sp³-hybridized carbons (Fsp3) is 0.690. The predicted molar refractivity (Wildman–Crippen MR) is 135 cm³/mol. The molecule has 0 radical (unpaired) electrons. The quantitative estimate of drug-likeness (QED) is 0.312. The van der Waals surface area contributed by atoms with Gasteiger partial charge in [0.05, 0.1) is 5.92 Å². The van der Waals surface area contributed by atoms with Gasteiger partial charge in [0.1, 0.15) is 0 Å². The third kappa shape index (κ3) is 6.24. The normalized spacial score (nSPS) is 19.0. The van der Waals surface area contributed by atoms with Gasteiger partial charge in [-0.3, -0.25) is 4.79 Å². The van der Waals surface area contributed by atoms with E-state index >= 15 is 0 Å². The zero-order valence-corrected chi connectivity index (χ0v) is 21.1. The van der Waals surface area contributed by atoms with Gasteiger partial charge >= 0.3 is 0 Å². The lowest BCUT2D eigenvalue weighted by Gasteiger charge is -2.43. The van der Waals surface area contributed by atoms with E-state index in [-0.39, 0.29) is 11.8 Å². The monoisotopic (exact) mass is 425 g/mol. The summed E-state index contributed by atoms with van der Waals surface area (Å²) in [7, 11) is 0. The van der Waals surface area contributed by atoms with Crippen LogP contribution in [0, 0.1) is 11.8 Å². The number of rotatable bonds is 13. The fourth-order valence-electron chi connectivity index (χ4n) is 5.56. The first kappa shape index (κ1) is 25.7. The highest BCUT2D eigenvalue weighted by Gasteiger charge is 2.40. The van der Waals surface area contributed by atoms with E-state index in [0.717, 1.165) is 57.8 Å². The Labute approximate surface area is 192 Å². The molecule has 0 aromatic heterocycles. The first-order valence-corrected chi connectivity index (χ1v) is 13.1. The molecule has 2 nitrogen and oxygen atoms in total. The lowest BCUT2D eigenvalue weighted by molar-refractivity contribution is -0.140. The average molecular weight is 426 g/mol. The van der Waals surface area contributed by atoms with Crippen LogP contribution in [0.4, 0.5) is 0 Å². The van der Waals surface area contributed by atoms with E-state index in [1.165, 1.54) is 11.1 Å². The van der Waals surface area contributed by atoms with Crippen LogP contribution in [0.2, 0.25) is 0 Å². The molecular formula is C29H47NO. The Hall–Kier alpha value is -1.57. The Morgan fingerprint density at radius 3 is 1.87 bits per heavy atom. The topological polar surface area (TPSA) is 20.3 Å². The fourth-order valence-corrected chi connectivity index (χ4v) is 5.56. The van der Waals surface area contributed by atoms with Crippen molar-refractivity contribution in [2.24, 2.45) is 11.8 Å². The summed E-state index contributed by atoms with van der Waals surface area (Å²) in [5.41, 5.74) is 2.47. The van der Waals surface area contributed by atoms with Crippen LogP contribution in [0.3, 0.4) is 0 Å². The van der Waals surface area contributed by atoms with Crippen LogP contribution < -0.4 is 0 Å². The molecule has 3 atom stereocenters. The van der Waals surface area contributed by atoms with Crippen molar-refractivity contribution in [3.63, 3.8) is 0 Å². The molecule has 2 heteroatoms. The van der Waals surface area contributed by atoms with Crippen molar-refractivity contribution in [1.29, 1.82) is 0 Å². The predicted octanol–water partition coefficient (Wildman–Crippen LogP) is 8.23. The van der Waals surface area contributed by atoms with Gasteiger partial charge in [-0.05, 0) is 48.6 Å². The smallest absolute Gasteiger partial charge is 0.231 e. The van der Waals surface area contributed by atoms with Crippen molar-refractivity contribution in [2.75, 3.05) is 0 Å². The van der Waals surface area contributed by atoms with Gasteiger partial charge in [0.2, 0.25) is 5.91 Å². The Morgan fingerprint density at radius 1 is 0.871 bits per heavy atom. The summed E-state index contributed by atoms with van der Waals surface area (Å²) in [6, 6.07) is 9.32. The average Bonchev–Trinajstić information content (AvgIpc) is 2.78. The molecular weight excluding hydrogens is 378 g/mol. The minimum absolute atomic E-state index is 0.0522. The van der Waals surface area contributed by atoms with Crippen LogP contribution in [-0.2, 0) is 4.79 Å². The molecule has 0 aliphatic heterocycles. The molecule has 31 heavy (non-hydrogen) atoms. The molecule has 3 unspecified atom stereocenters. The van der Waals surface area contributed by atoms with Gasteiger partial charge in [0, 0.05) is 12.1 Å². The highest BCUT2D eigenvalue weighted by molar-refractivity contribution is 5.87. The summed E-state index contributed by atoms with van der Waals surface area (Å²) in [5.74, 6) is 1.11. The van der Waals surface area contributed by atoms with Gasteiger partial charge < -0.3 is 4.90 Å². The van der Waals surface area contributed by atoms with E-state index < -0.39 is 0 Å². The molecule has 0 bridgehead atoms. The van der Waals surface area contributed by atoms with Gasteiger partial charge in [-0.15, -0.1) is 0 Å². The number of hydrogen-bond donors (Lipinski definition) is 0. The summed E-state index contributed by atoms with van der Waals surface area (Å²) in [6.45, 7) is 13.6. The summed E-state index contributed by atoms with van der Waals surface area (Å²) in [5, 5.41) is 0. The number of amides is 1. The van der Waals surface area contributed by atoms with Gasteiger partial charge in [-0.1, -0.05) is 110 Å². The molecule has 0 saturated carbocycles. The Bertz CT molecular complexity index is 666. The number of hydrogen-bond acceptors (Lipinski definition) is 1. The van der Waals surface area contributed by atoms with E-state index in [9.17, 15) is 4.79 Å². The number of allylic oxidation sites excluding steroid dienone is 1. The van der Waals surface area contributed by atoms with E-state index in [2.05, 4.69) is 82.9 Å². The first-order chi connectivity index (χ1) is 15.0. The molecule has 0 heterocycles. The zero-order chi connectivity index (χ0) is 22.8. The van der Waals surface area contributed by atoms with E-state index in [1.54, 1.807) is 0 Å². The van der Waals surface area contributed by atoms with Crippen molar-refractivity contribution < 1.29 is 4.79 Å². The van der Waals surface area contributed by atoms with Crippen molar-refractivity contribution >= 4 is 12.0 Å². The molecule has 174 valence electrons. The molecule has 0 spiro atoms. The molecule has 0 fully saturated rings. The highest BCUT2D eigenvalue weighted by atomic mass is 16.2. The third-order valence-electron chi connectivity index (χ3n) is 7.31. The van der Waals surface area contributed by atoms with Crippen molar-refractivity contribution in [2.45, 2.75) is 117 Å². The molecule has 1 aromatic rings. The molecule has 1 amide bonds. The van der Waals surface area contributed by atoms with Crippen molar-refractivity contribution in [3.05, 3.63) is 41.5 Å². The number of benzene rings is 1. The minimum Gasteiger partial charge on any atom is -0.336 e. The summed E-state index contributed by atoms with van der Waals surface area (Å²) in [6.07, 6.45) is 14.7. The number of fused-ring (bicyclic) bond motifs is 1. The summed E-state index contributed by atoms with van der Waals surface area (Å²) >= 11 is 0. The van der Waals surface area contributed by atoms with Gasteiger partial charge in [0.15, 0.2) is 0 Å². The van der Waals surface area contributed by atoms with Crippen LogP contribution >= 0.6 is 0 Å². The maximum absolute atomic E-state index is 14.6. The molecule has 1 aromatic carbocycles. The maximum atomic E-state index is 14.6. The molecule has 0 saturated heterocycles. The summed E-state index contributed by atoms with van der Waals surface area (Å²) < 4.78 is 0. The second-order valence-electron chi connectivity index (χ2n) is 9.64. The maximum Gasteiger partial charge on any atom is 0.231 e. The summed E-state index contributed by atoms with van der Waals surface area (Å²) in [4.78, 5) is 17.0. The third-order valence-corrected chi connectivity index (χ3v) is 7.31. The van der Waals surface area contributed by atoms with E-state index in [1.807, 2.05) is 0 Å². The van der Waals surface area contributed by atoms with E-state index in [4.69, 9.17) is 0 Å². The minimum atomic E-state index is -0.0522. The van der Waals surface area contributed by atoms with Crippen LogP contribution in [-0.4, -0.2) is 22.9 Å². The van der Waals surface area contributed by atoms with Crippen LogP contribution in [0.1, 0.15) is 116 Å². The van der Waals surface area contributed by atoms with Gasteiger partial charge in [-0.25, -0.2) is 0 Å². The Kier molecular flexibility index (Phi) is 10.8. The van der Waals surface area contributed by atoms with Crippen LogP contribution in [0.25, 0.3) is 6.08 Å². The number of carbonyl (C=O) groups excluding carboxylic acids is 1. The largest absolute Gasteiger partial charge is 0.336 e. The van der Waals surface area contributed by atoms with Crippen LogP contribution in [0.5, 0.6) is 0 Å². The molecule has 2 rings (SSSR count). The number of nitrogens with zero attached hydrogens (tertiary/aromatic N) is 1. The second-order valence-corrected chi connectivity index (χ2v) is 9.64. The number of carbonyl (C=O) groups is 1. The van der Waals surface area contributed by atoms with Crippen molar-refractivity contribution in [1.82, 2.24) is 4.90 Å². The zero-order valence-electron chi connectivity index (χ0n) is 21.1. The van der Waals surface area contributed by atoms with E-state index in [0.29, 0.717) is 23.9 Å². The lowest BCUT2D eigenvalue weighted by Crippen LogP contribution is -2.51. The van der Waals surface area contributed by atoms with Crippen LogP contribution in [0.15, 0.2) is 30.3 Å². The second kappa shape index (κ2) is 13.1. The Morgan fingerprint density at radius 2 is 1.39 bits per heavy atom. The highest BCUT2D eigenvalue weighted by Crippen LogP contribution is 2.41. The standard InChI is InChI=1S/C29H47NO/c1-7-14-24(15-8-2)30(25(16-9-3)17-10-4)29(31)28-26(22(6)11-5)21-20-23-18-12-13-19-27(23)28/h12-13,18-22,24-26,28H,7-11,14-17H2,1-6H3. The molecule has 0 N–H and O–H groups in total. The van der Waals surface area contributed by atoms with Gasteiger partial charge in [-0.2, -0.15) is 0 Å². The SMILES string of the molecule is CCCC(CCC)N(C(=O)C1c2ccccc2C=CC1C(C)CC)C(CCC)CCC.